The molecule has 5 heteroatoms. The molecule has 2 rings (SSSR count). The minimum Gasteiger partial charge on any atom is -0.399 e. The highest BCUT2D eigenvalue weighted by atomic mass is 16.5. The molecule has 0 amide bonds. The molecule has 1 heterocycles. The minimum absolute atomic E-state index is 0.571. The van der Waals surface area contributed by atoms with E-state index < -0.39 is 0 Å². The molecule has 5 nitrogen and oxygen atoms in total. The summed E-state index contributed by atoms with van der Waals surface area (Å²) < 4.78 is 0.928. The van der Waals surface area contributed by atoms with E-state index in [0.717, 1.165) is 4.73 Å². The van der Waals surface area contributed by atoms with Crippen molar-refractivity contribution in [1.29, 1.82) is 0 Å². The van der Waals surface area contributed by atoms with Crippen LogP contribution in [-0.4, -0.2) is 5.21 Å². The molecule has 0 aliphatic rings. The first-order valence-electron chi connectivity index (χ1n) is 4.72. The zero-order valence-electron chi connectivity index (χ0n) is 8.49. The van der Waals surface area contributed by atoms with E-state index in [1.165, 1.54) is 12.4 Å². The number of nitrogen functional groups attached to an aromatic ring is 1. The molecule has 0 saturated heterocycles. The van der Waals surface area contributed by atoms with E-state index in [2.05, 4.69) is 10.2 Å². The maximum absolute atomic E-state index is 9.15. The largest absolute Gasteiger partial charge is 0.399 e. The van der Waals surface area contributed by atoms with Gasteiger partial charge in [-0.3, -0.25) is 5.21 Å². The van der Waals surface area contributed by atoms with Crippen LogP contribution >= 0.6 is 0 Å². The van der Waals surface area contributed by atoms with Gasteiger partial charge in [0.15, 0.2) is 5.69 Å². The number of anilines is 1. The zero-order chi connectivity index (χ0) is 11.4. The predicted molar refractivity (Wildman–Crippen MR) is 58.9 cm³/mol. The van der Waals surface area contributed by atoms with Gasteiger partial charge in [0.2, 0.25) is 12.4 Å². The van der Waals surface area contributed by atoms with Gasteiger partial charge in [0.1, 0.15) is 0 Å². The van der Waals surface area contributed by atoms with Crippen molar-refractivity contribution in [1.82, 2.24) is 0 Å². The highest BCUT2D eigenvalue weighted by Crippen LogP contribution is 2.17. The number of hydrogen-bond donors (Lipinski definition) is 2. The summed E-state index contributed by atoms with van der Waals surface area (Å²) in [5, 5.41) is 17.1. The molecule has 80 valence electrons. The first-order chi connectivity index (χ1) is 7.74. The Kier molecular flexibility index (Phi) is 2.77. The van der Waals surface area contributed by atoms with Crippen LogP contribution in [0, 0.1) is 0 Å². The van der Waals surface area contributed by atoms with Crippen molar-refractivity contribution in [2.24, 2.45) is 10.2 Å². The van der Waals surface area contributed by atoms with Crippen molar-refractivity contribution in [3.8, 4) is 0 Å². The van der Waals surface area contributed by atoms with Gasteiger partial charge in [-0.15, -0.1) is 5.11 Å². The van der Waals surface area contributed by atoms with Crippen molar-refractivity contribution >= 4 is 17.1 Å². The Morgan fingerprint density at radius 1 is 1.00 bits per heavy atom. The summed E-state index contributed by atoms with van der Waals surface area (Å²) in [6.07, 6.45) is 2.96. The van der Waals surface area contributed by atoms with Crippen LogP contribution in [0.15, 0.2) is 59.0 Å². The number of rotatable bonds is 2. The molecule has 1 aromatic carbocycles. The Morgan fingerprint density at radius 3 is 2.38 bits per heavy atom. The van der Waals surface area contributed by atoms with E-state index in [9.17, 15) is 0 Å². The standard InChI is InChI=1S/C11H11N4O/c12-9-3-5-10(6-4-9)13-14-11-2-1-7-15(16)8-11/h1-8,16H,12H2/q+1. The van der Waals surface area contributed by atoms with Gasteiger partial charge in [-0.05, 0) is 30.3 Å². The maximum Gasteiger partial charge on any atom is 0.249 e. The summed E-state index contributed by atoms with van der Waals surface area (Å²) in [6, 6.07) is 10.5. The molecule has 1 aromatic heterocycles. The minimum atomic E-state index is 0.571. The lowest BCUT2D eigenvalue weighted by Gasteiger charge is -1.93. The fourth-order valence-electron chi connectivity index (χ4n) is 1.17. The smallest absolute Gasteiger partial charge is 0.249 e. The number of nitrogens with zero attached hydrogens (tertiary/aromatic N) is 3. The molecule has 0 radical (unpaired) electrons. The topological polar surface area (TPSA) is 74.8 Å². The van der Waals surface area contributed by atoms with E-state index in [1.54, 1.807) is 36.4 Å². The van der Waals surface area contributed by atoms with Crippen LogP contribution in [0.2, 0.25) is 0 Å². The zero-order valence-corrected chi connectivity index (χ0v) is 8.49. The molecule has 0 aliphatic carbocycles. The van der Waals surface area contributed by atoms with Crippen LogP contribution in [0.25, 0.3) is 0 Å². The molecule has 0 fully saturated rings. The summed E-state index contributed by atoms with van der Waals surface area (Å²) in [5.74, 6) is 0. The van der Waals surface area contributed by atoms with Crippen LogP contribution < -0.4 is 10.5 Å². The van der Waals surface area contributed by atoms with E-state index in [4.69, 9.17) is 10.9 Å². The number of hydrogen-bond acceptors (Lipinski definition) is 4. The van der Waals surface area contributed by atoms with Crippen molar-refractivity contribution in [2.75, 3.05) is 5.73 Å². The monoisotopic (exact) mass is 215 g/mol. The molecular weight excluding hydrogens is 204 g/mol. The predicted octanol–water partition coefficient (Wildman–Crippen LogP) is 2.21. The fraction of sp³-hybridized carbons (Fsp3) is 0. The molecule has 0 bridgehead atoms. The Bertz CT molecular complexity index is 508. The fourth-order valence-corrected chi connectivity index (χ4v) is 1.17. The first-order valence-corrected chi connectivity index (χ1v) is 4.72. The van der Waals surface area contributed by atoms with Crippen LogP contribution in [-0.2, 0) is 0 Å². The highest BCUT2D eigenvalue weighted by molar-refractivity contribution is 5.47. The van der Waals surface area contributed by atoms with E-state index >= 15 is 0 Å². The van der Waals surface area contributed by atoms with Gasteiger partial charge in [0.05, 0.1) is 5.69 Å². The quantitative estimate of drug-likeness (QED) is 0.349. The van der Waals surface area contributed by atoms with Crippen LogP contribution in [0.1, 0.15) is 0 Å². The third-order valence-electron chi connectivity index (χ3n) is 1.94. The lowest BCUT2D eigenvalue weighted by molar-refractivity contribution is -0.904. The van der Waals surface area contributed by atoms with Crippen molar-refractivity contribution in [3.63, 3.8) is 0 Å². The second-order valence-electron chi connectivity index (χ2n) is 3.23. The average molecular weight is 215 g/mol. The molecule has 0 unspecified atom stereocenters. The number of benzene rings is 1. The maximum atomic E-state index is 9.15. The summed E-state index contributed by atoms with van der Waals surface area (Å²) in [6.45, 7) is 0. The van der Waals surface area contributed by atoms with Gasteiger partial charge >= 0.3 is 0 Å². The van der Waals surface area contributed by atoms with Gasteiger partial charge < -0.3 is 5.73 Å². The third-order valence-corrected chi connectivity index (χ3v) is 1.94. The summed E-state index contributed by atoms with van der Waals surface area (Å²) >= 11 is 0. The lowest BCUT2D eigenvalue weighted by Crippen LogP contribution is -2.27. The first kappa shape index (κ1) is 10.1. The number of pyridine rings is 1. The van der Waals surface area contributed by atoms with Gasteiger partial charge in [-0.2, -0.15) is 5.11 Å². The van der Waals surface area contributed by atoms with Crippen molar-refractivity contribution in [2.45, 2.75) is 0 Å². The molecule has 16 heavy (non-hydrogen) atoms. The lowest BCUT2D eigenvalue weighted by atomic mass is 10.3. The Morgan fingerprint density at radius 2 is 1.69 bits per heavy atom. The van der Waals surface area contributed by atoms with Gasteiger partial charge in [0, 0.05) is 16.5 Å². The van der Waals surface area contributed by atoms with Gasteiger partial charge in [-0.25, -0.2) is 0 Å². The molecular formula is C11H11N4O+. The molecule has 0 atom stereocenters. The SMILES string of the molecule is Nc1ccc(N=Nc2ccc[n+](O)c2)cc1. The molecule has 3 N–H and O–H groups in total. The van der Waals surface area contributed by atoms with E-state index in [-0.39, 0.29) is 0 Å². The second kappa shape index (κ2) is 4.39. The normalized spacial score (nSPS) is 10.8. The Labute approximate surface area is 92.5 Å². The number of nitrogens with two attached hydrogens (primary N) is 1. The van der Waals surface area contributed by atoms with Crippen molar-refractivity contribution in [3.05, 3.63) is 48.8 Å². The molecule has 0 aliphatic heterocycles. The molecule has 0 spiro atoms. The molecule has 2 aromatic rings. The molecule has 0 saturated carbocycles. The summed E-state index contributed by atoms with van der Waals surface area (Å²) in [5.41, 5.74) is 7.51. The van der Waals surface area contributed by atoms with Gasteiger partial charge in [0.25, 0.3) is 0 Å². The second-order valence-corrected chi connectivity index (χ2v) is 3.23. The van der Waals surface area contributed by atoms with Crippen LogP contribution in [0.5, 0.6) is 0 Å². The Hall–Kier alpha value is -2.43. The van der Waals surface area contributed by atoms with Crippen LogP contribution in [0.3, 0.4) is 0 Å². The summed E-state index contributed by atoms with van der Waals surface area (Å²) in [4.78, 5) is 0. The van der Waals surface area contributed by atoms with E-state index in [0.29, 0.717) is 17.1 Å². The third kappa shape index (κ3) is 2.54. The number of azo groups is 1. The summed E-state index contributed by atoms with van der Waals surface area (Å²) in [7, 11) is 0. The Balaban J connectivity index is 2.18. The average Bonchev–Trinajstić information content (AvgIpc) is 2.28. The highest BCUT2D eigenvalue weighted by Gasteiger charge is 1.98. The van der Waals surface area contributed by atoms with Crippen molar-refractivity contribution < 1.29 is 9.94 Å². The number of aromatic nitrogens is 1. The van der Waals surface area contributed by atoms with Gasteiger partial charge in [-0.1, -0.05) is 0 Å². The van der Waals surface area contributed by atoms with E-state index in [1.807, 2.05) is 0 Å². The van der Waals surface area contributed by atoms with Crippen LogP contribution in [0.4, 0.5) is 17.1 Å².